The van der Waals surface area contributed by atoms with Gasteiger partial charge in [-0.3, -0.25) is 14.9 Å². The number of carbonyl (C=O) groups is 1. The van der Waals surface area contributed by atoms with Gasteiger partial charge in [0.15, 0.2) is 9.84 Å². The molecule has 0 unspecified atom stereocenters. The maximum absolute atomic E-state index is 11.9. The van der Waals surface area contributed by atoms with Crippen LogP contribution in [0.2, 0.25) is 0 Å². The Morgan fingerprint density at radius 3 is 2.40 bits per heavy atom. The second kappa shape index (κ2) is 6.99. The van der Waals surface area contributed by atoms with E-state index in [1.807, 2.05) is 0 Å². The molecule has 0 fully saturated rings. The molecule has 1 aromatic carbocycles. The minimum atomic E-state index is -3.54. The molecule has 0 radical (unpaired) electrons. The molecule has 0 saturated carbocycles. The molecule has 0 bridgehead atoms. The van der Waals surface area contributed by atoms with Crippen molar-refractivity contribution in [1.29, 1.82) is 0 Å². The van der Waals surface area contributed by atoms with Crippen LogP contribution in [0.5, 0.6) is 0 Å². The second-order valence-corrected chi connectivity index (χ2v) is 6.09. The molecule has 0 aliphatic rings. The number of nitro benzene ring substituents is 1. The van der Waals surface area contributed by atoms with E-state index in [2.05, 4.69) is 0 Å². The van der Waals surface area contributed by atoms with E-state index < -0.39 is 20.7 Å². The molecule has 0 aliphatic carbocycles. The van der Waals surface area contributed by atoms with E-state index in [4.69, 9.17) is 4.74 Å². The molecular weight excluding hydrogens is 286 g/mol. The lowest BCUT2D eigenvalue weighted by molar-refractivity contribution is -0.384. The quantitative estimate of drug-likeness (QED) is 0.431. The highest BCUT2D eigenvalue weighted by Gasteiger charge is 2.16. The average molecular weight is 301 g/mol. The molecule has 8 heteroatoms. The topological polar surface area (TPSA) is 104 Å². The number of benzene rings is 1. The van der Waals surface area contributed by atoms with Crippen LogP contribution >= 0.6 is 0 Å². The van der Waals surface area contributed by atoms with E-state index in [1.54, 1.807) is 6.92 Å². The van der Waals surface area contributed by atoms with Crippen LogP contribution in [0.1, 0.15) is 19.8 Å². The minimum Gasteiger partial charge on any atom is -0.466 e. The Hall–Kier alpha value is -1.96. The number of nitro groups is 1. The van der Waals surface area contributed by atoms with Crippen LogP contribution in [0.3, 0.4) is 0 Å². The molecule has 1 rings (SSSR count). The highest BCUT2D eigenvalue weighted by Crippen LogP contribution is 2.17. The summed E-state index contributed by atoms with van der Waals surface area (Å²) in [7, 11) is -3.54. The molecule has 110 valence electrons. The van der Waals surface area contributed by atoms with Crippen LogP contribution in [-0.4, -0.2) is 31.7 Å². The van der Waals surface area contributed by atoms with Crippen molar-refractivity contribution in [3.8, 4) is 0 Å². The lowest BCUT2D eigenvalue weighted by atomic mass is 10.3. The van der Waals surface area contributed by atoms with Crippen LogP contribution in [0.25, 0.3) is 0 Å². The van der Waals surface area contributed by atoms with Gasteiger partial charge in [-0.15, -0.1) is 0 Å². The van der Waals surface area contributed by atoms with Crippen molar-refractivity contribution >= 4 is 21.5 Å². The molecule has 20 heavy (non-hydrogen) atoms. The van der Waals surface area contributed by atoms with Gasteiger partial charge in [-0.2, -0.15) is 0 Å². The normalized spacial score (nSPS) is 11.1. The number of nitrogens with zero attached hydrogens (tertiary/aromatic N) is 1. The Kier molecular flexibility index (Phi) is 5.63. The maximum atomic E-state index is 11.9. The van der Waals surface area contributed by atoms with Gasteiger partial charge < -0.3 is 4.74 Å². The van der Waals surface area contributed by atoms with E-state index in [0.29, 0.717) is 0 Å². The Morgan fingerprint density at radius 2 is 1.90 bits per heavy atom. The summed E-state index contributed by atoms with van der Waals surface area (Å²) in [5.74, 6) is -0.643. The summed E-state index contributed by atoms with van der Waals surface area (Å²) in [4.78, 5) is 21.0. The maximum Gasteiger partial charge on any atom is 0.305 e. The van der Waals surface area contributed by atoms with Crippen molar-refractivity contribution < 1.29 is 22.9 Å². The molecule has 0 spiro atoms. The first-order chi connectivity index (χ1) is 9.36. The largest absolute Gasteiger partial charge is 0.466 e. The molecule has 1 aromatic rings. The summed E-state index contributed by atoms with van der Waals surface area (Å²) in [5, 5.41) is 10.5. The van der Waals surface area contributed by atoms with E-state index in [9.17, 15) is 23.3 Å². The lowest BCUT2D eigenvalue weighted by Crippen LogP contribution is -2.10. The molecule has 0 heterocycles. The summed E-state index contributed by atoms with van der Waals surface area (Å²) >= 11 is 0. The predicted molar refractivity (Wildman–Crippen MR) is 71.0 cm³/mol. The van der Waals surface area contributed by atoms with Gasteiger partial charge in [0.25, 0.3) is 5.69 Å². The first-order valence-corrected chi connectivity index (χ1v) is 7.65. The van der Waals surface area contributed by atoms with E-state index in [-0.39, 0.29) is 35.8 Å². The fraction of sp³-hybridized carbons (Fsp3) is 0.417. The molecule has 0 aromatic heterocycles. The Balaban J connectivity index is 2.64. The van der Waals surface area contributed by atoms with Gasteiger partial charge in [-0.05, 0) is 25.5 Å². The molecule has 0 amide bonds. The minimum absolute atomic E-state index is 0.00644. The molecule has 7 nitrogen and oxygen atoms in total. The lowest BCUT2D eigenvalue weighted by Gasteiger charge is -2.04. The third kappa shape index (κ3) is 4.61. The fourth-order valence-corrected chi connectivity index (χ4v) is 2.84. The van der Waals surface area contributed by atoms with Crippen molar-refractivity contribution in [2.75, 3.05) is 12.4 Å². The van der Waals surface area contributed by atoms with E-state index in [1.165, 1.54) is 12.1 Å². The third-order valence-electron chi connectivity index (χ3n) is 2.51. The number of rotatable bonds is 7. The standard InChI is InChI=1S/C12H15NO6S/c1-2-19-12(14)4-3-9-20(17,18)11-7-5-10(6-8-11)13(15)16/h5-8H,2-4,9H2,1H3. The zero-order valence-corrected chi connectivity index (χ0v) is 11.8. The third-order valence-corrected chi connectivity index (χ3v) is 4.32. The molecule has 0 aliphatic heterocycles. The van der Waals surface area contributed by atoms with Gasteiger partial charge in [-0.1, -0.05) is 0 Å². The number of esters is 1. The van der Waals surface area contributed by atoms with Crippen LogP contribution < -0.4 is 0 Å². The summed E-state index contributed by atoms with van der Waals surface area (Å²) in [6.07, 6.45) is 0.179. The van der Waals surface area contributed by atoms with Crippen LogP contribution in [-0.2, 0) is 19.4 Å². The zero-order valence-electron chi connectivity index (χ0n) is 10.9. The van der Waals surface area contributed by atoms with Crippen molar-refractivity contribution in [2.24, 2.45) is 0 Å². The van der Waals surface area contributed by atoms with E-state index >= 15 is 0 Å². The first-order valence-electron chi connectivity index (χ1n) is 5.99. The molecular formula is C12H15NO6S. The summed E-state index contributed by atoms with van der Waals surface area (Å²) < 4.78 is 28.6. The van der Waals surface area contributed by atoms with Crippen molar-refractivity contribution in [3.05, 3.63) is 34.4 Å². The van der Waals surface area contributed by atoms with Gasteiger partial charge >= 0.3 is 5.97 Å². The second-order valence-electron chi connectivity index (χ2n) is 3.98. The van der Waals surface area contributed by atoms with Gasteiger partial charge in [0.05, 0.1) is 22.2 Å². The number of sulfone groups is 1. The monoisotopic (exact) mass is 301 g/mol. The smallest absolute Gasteiger partial charge is 0.305 e. The first kappa shape index (κ1) is 16.1. The SMILES string of the molecule is CCOC(=O)CCCS(=O)(=O)c1ccc([N+](=O)[O-])cc1. The number of ether oxygens (including phenoxy) is 1. The number of carbonyl (C=O) groups excluding carboxylic acids is 1. The number of hydrogen-bond acceptors (Lipinski definition) is 6. The predicted octanol–water partition coefficient (Wildman–Crippen LogP) is 1.71. The highest BCUT2D eigenvalue weighted by atomic mass is 32.2. The van der Waals surface area contributed by atoms with Crippen molar-refractivity contribution in [3.63, 3.8) is 0 Å². The van der Waals surface area contributed by atoms with Crippen LogP contribution in [0.15, 0.2) is 29.2 Å². The number of non-ortho nitro benzene ring substituents is 1. The Labute approximate surface area is 116 Å². The van der Waals surface area contributed by atoms with Crippen molar-refractivity contribution in [2.45, 2.75) is 24.7 Å². The zero-order chi connectivity index (χ0) is 15.2. The van der Waals surface area contributed by atoms with Gasteiger partial charge in [0.2, 0.25) is 0 Å². The van der Waals surface area contributed by atoms with Gasteiger partial charge in [0.1, 0.15) is 0 Å². The summed E-state index contributed by atoms with van der Waals surface area (Å²) in [6, 6.07) is 4.66. The highest BCUT2D eigenvalue weighted by molar-refractivity contribution is 7.91. The molecule has 0 N–H and O–H groups in total. The summed E-state index contributed by atoms with van der Waals surface area (Å²) in [6.45, 7) is 1.93. The van der Waals surface area contributed by atoms with Gasteiger partial charge in [0, 0.05) is 18.6 Å². The van der Waals surface area contributed by atoms with Crippen LogP contribution in [0, 0.1) is 10.1 Å². The Morgan fingerprint density at radius 1 is 1.30 bits per heavy atom. The molecule has 0 saturated heterocycles. The Bertz CT molecular complexity index is 578. The van der Waals surface area contributed by atoms with Crippen LogP contribution in [0.4, 0.5) is 5.69 Å². The van der Waals surface area contributed by atoms with Gasteiger partial charge in [-0.25, -0.2) is 8.42 Å². The summed E-state index contributed by atoms with van der Waals surface area (Å²) in [5.41, 5.74) is -0.171. The van der Waals surface area contributed by atoms with Crippen molar-refractivity contribution in [1.82, 2.24) is 0 Å². The average Bonchev–Trinajstić information content (AvgIpc) is 2.39. The number of hydrogen-bond donors (Lipinski definition) is 0. The van der Waals surface area contributed by atoms with E-state index in [0.717, 1.165) is 12.1 Å². The fourth-order valence-electron chi connectivity index (χ4n) is 1.53. The molecule has 0 atom stereocenters.